The molecule has 0 aromatic heterocycles. The van der Waals surface area contributed by atoms with Crippen LogP contribution in [0.2, 0.25) is 0 Å². The van der Waals surface area contributed by atoms with Crippen LogP contribution in [0.25, 0.3) is 0 Å². The van der Waals surface area contributed by atoms with Gasteiger partial charge in [-0.1, -0.05) is 12.1 Å². The first-order chi connectivity index (χ1) is 18.0. The first-order valence-electron chi connectivity index (χ1n) is 12.2. The van der Waals surface area contributed by atoms with Gasteiger partial charge in [0.15, 0.2) is 0 Å². The molecule has 3 amide bonds. The number of rotatable bonds is 19. The third-order valence-corrected chi connectivity index (χ3v) is 6.46. The Balaban J connectivity index is 1.39. The van der Waals surface area contributed by atoms with Crippen molar-refractivity contribution in [3.05, 3.63) is 29.8 Å². The predicted octanol–water partition coefficient (Wildman–Crippen LogP) is 1.95. The number of nitrogens with one attached hydrogen (secondary N) is 3. The molecule has 37 heavy (non-hydrogen) atoms. The van der Waals surface area contributed by atoms with Gasteiger partial charge in [-0.2, -0.15) is 16.0 Å². The Morgan fingerprint density at radius 3 is 1.97 bits per heavy atom. The molecule has 206 valence electrons. The Morgan fingerprint density at radius 2 is 1.41 bits per heavy atom. The van der Waals surface area contributed by atoms with Gasteiger partial charge in [-0.15, -0.1) is 5.10 Å². The molecule has 1 aliphatic rings. The number of ether oxygens (including phenoxy) is 3. The summed E-state index contributed by atoms with van der Waals surface area (Å²) < 4.78 is 16.1. The maximum absolute atomic E-state index is 12.1. The van der Waals surface area contributed by atoms with Crippen LogP contribution in [-0.2, 0) is 23.8 Å². The summed E-state index contributed by atoms with van der Waals surface area (Å²) in [7, 11) is -0.466. The molecule has 4 N–H and O–H groups in total. The summed E-state index contributed by atoms with van der Waals surface area (Å²) in [5.41, 5.74) is 3.52. The molecule has 0 bridgehead atoms. The zero-order chi connectivity index (χ0) is 26.7. The van der Waals surface area contributed by atoms with Gasteiger partial charge in [0.2, 0.25) is 11.8 Å². The summed E-state index contributed by atoms with van der Waals surface area (Å²) in [6.07, 6.45) is 2.54. The first kappa shape index (κ1) is 30.2. The zero-order valence-electron chi connectivity index (χ0n) is 21.1. The zero-order valence-corrected chi connectivity index (χ0v) is 22.0. The van der Waals surface area contributed by atoms with E-state index in [2.05, 4.69) is 32.4 Å². The van der Waals surface area contributed by atoms with Crippen molar-refractivity contribution in [1.29, 1.82) is 0 Å². The van der Waals surface area contributed by atoms with Crippen molar-refractivity contribution in [1.82, 2.24) is 10.6 Å². The van der Waals surface area contributed by atoms with Gasteiger partial charge >= 0.3 is 6.09 Å². The van der Waals surface area contributed by atoms with Crippen molar-refractivity contribution in [3.8, 4) is 0 Å². The van der Waals surface area contributed by atoms with Gasteiger partial charge in [0.05, 0.1) is 32.0 Å². The van der Waals surface area contributed by atoms with Crippen molar-refractivity contribution in [2.45, 2.75) is 25.7 Å². The molecule has 0 saturated carbocycles. The molecule has 13 heteroatoms. The Morgan fingerprint density at radius 1 is 0.838 bits per heavy atom. The van der Waals surface area contributed by atoms with Crippen molar-refractivity contribution >= 4 is 45.1 Å². The highest BCUT2D eigenvalue weighted by Gasteiger charge is 2.13. The van der Waals surface area contributed by atoms with Crippen LogP contribution in [0.15, 0.2) is 34.5 Å². The van der Waals surface area contributed by atoms with E-state index in [1.807, 2.05) is 29.8 Å². The van der Waals surface area contributed by atoms with Crippen LogP contribution in [-0.4, -0.2) is 92.6 Å². The number of carbonyl (C=O) groups is 3. The lowest BCUT2D eigenvalue weighted by Crippen LogP contribution is -2.26. The number of carboxylic acid groups (broad SMARTS) is 1. The van der Waals surface area contributed by atoms with Gasteiger partial charge in [0.25, 0.3) is 0 Å². The molecule has 0 radical (unpaired) electrons. The molecule has 12 nitrogen and oxygen atoms in total. The number of thiol groups is 1. The van der Waals surface area contributed by atoms with Crippen LogP contribution in [0.5, 0.6) is 0 Å². The molecule has 1 aromatic rings. The fraction of sp³-hybridized carbons (Fsp3) is 0.542. The maximum atomic E-state index is 12.1. The molecule has 1 heterocycles. The van der Waals surface area contributed by atoms with Gasteiger partial charge in [0, 0.05) is 50.4 Å². The molecule has 2 rings (SSSR count). The summed E-state index contributed by atoms with van der Waals surface area (Å²) in [6.45, 7) is 3.56. The predicted molar refractivity (Wildman–Crippen MR) is 145 cm³/mol. The monoisotopic (exact) mass is 539 g/mol. The number of anilines is 1. The Kier molecular flexibility index (Phi) is 14.9. The van der Waals surface area contributed by atoms with Gasteiger partial charge in [-0.05, 0) is 31.2 Å². The number of nitrogens with zero attached hydrogens (tertiary/aromatic N) is 2. The van der Waals surface area contributed by atoms with Gasteiger partial charge in [-0.25, -0.2) is 4.79 Å². The van der Waals surface area contributed by atoms with Crippen LogP contribution in [0.3, 0.4) is 0 Å². The van der Waals surface area contributed by atoms with E-state index in [1.165, 1.54) is 0 Å². The largest absolute Gasteiger partial charge is 0.465 e. The molecular weight excluding hydrogens is 502 g/mol. The van der Waals surface area contributed by atoms with Crippen LogP contribution in [0, 0.1) is 0 Å². The summed E-state index contributed by atoms with van der Waals surface area (Å²) in [4.78, 5) is 34.4. The third-order valence-electron chi connectivity index (χ3n) is 4.99. The highest BCUT2D eigenvalue weighted by atomic mass is 32.2. The summed E-state index contributed by atoms with van der Waals surface area (Å²) in [6, 6.07) is 7.46. The highest BCUT2D eigenvalue weighted by molar-refractivity contribution is 8.40. The molecule has 0 saturated heterocycles. The number of amides is 3. The van der Waals surface area contributed by atoms with Gasteiger partial charge in [-0.3, -0.25) is 9.59 Å². The number of carbonyl (C=O) groups excluding carboxylic acids is 2. The molecular formula is C24H37N5O7S. The Bertz CT molecular complexity index is 911. The van der Waals surface area contributed by atoms with Crippen molar-refractivity contribution in [2.24, 2.45) is 10.2 Å². The second-order valence-corrected chi connectivity index (χ2v) is 9.89. The van der Waals surface area contributed by atoms with Gasteiger partial charge < -0.3 is 35.3 Å². The third kappa shape index (κ3) is 13.8. The quantitative estimate of drug-likeness (QED) is 0.133. The fourth-order valence-electron chi connectivity index (χ4n) is 3.10. The summed E-state index contributed by atoms with van der Waals surface area (Å²) in [5, 5.41) is 25.3. The van der Waals surface area contributed by atoms with E-state index in [9.17, 15) is 14.4 Å². The molecule has 0 spiro atoms. The average molecular weight is 540 g/mol. The van der Waals surface area contributed by atoms with E-state index >= 15 is 0 Å². The van der Waals surface area contributed by atoms with E-state index in [4.69, 9.17) is 19.3 Å². The number of hydrogen-bond acceptors (Lipinski definition) is 8. The fourth-order valence-corrected chi connectivity index (χ4v) is 4.16. The lowest BCUT2D eigenvalue weighted by Gasteiger charge is -2.10. The molecule has 1 aliphatic heterocycles. The standard InChI is InChI=1S/C24H37N5O7S/c1-37-18-27-29-23(37)19-4-6-20(7-5-19)28-22(31)9-8-21(30)25-10-2-12-34-14-16-36-17-15-35-13-3-11-26-24(32)33/h4-7,18,26,37H,2-3,8-17H2,1H3,(H,25,30)(H,28,31)(H,32,33). The van der Waals surface area contributed by atoms with E-state index in [-0.39, 0.29) is 24.7 Å². The minimum Gasteiger partial charge on any atom is -0.465 e. The van der Waals surface area contributed by atoms with E-state index < -0.39 is 17.0 Å². The molecule has 0 fully saturated rings. The molecule has 1 atom stereocenters. The SMILES string of the molecule is C[SH]1C=NN=C1c1ccc(NC(=O)CCC(=O)NCCCOCCOCCOCCCNC(=O)O)cc1. The van der Waals surface area contributed by atoms with Crippen LogP contribution in [0.4, 0.5) is 10.5 Å². The Hall–Kier alpha value is -3.00. The topological polar surface area (TPSA) is 160 Å². The highest BCUT2D eigenvalue weighted by Crippen LogP contribution is 2.29. The first-order valence-corrected chi connectivity index (χ1v) is 14.0. The number of hydrogen-bond donors (Lipinski definition) is 5. The van der Waals surface area contributed by atoms with Crippen LogP contribution in [0.1, 0.15) is 31.2 Å². The second-order valence-electron chi connectivity index (χ2n) is 8.02. The minimum absolute atomic E-state index is 0.102. The summed E-state index contributed by atoms with van der Waals surface area (Å²) in [5.74, 6) is -0.394. The van der Waals surface area contributed by atoms with Crippen LogP contribution >= 0.6 is 10.9 Å². The van der Waals surface area contributed by atoms with Crippen molar-refractivity contribution in [2.75, 3.05) is 64.3 Å². The Labute approximate surface area is 219 Å². The smallest absolute Gasteiger partial charge is 0.404 e. The van der Waals surface area contributed by atoms with Crippen molar-refractivity contribution < 1.29 is 33.7 Å². The van der Waals surface area contributed by atoms with Crippen LogP contribution < -0.4 is 16.0 Å². The lowest BCUT2D eigenvalue weighted by molar-refractivity contribution is -0.124. The summed E-state index contributed by atoms with van der Waals surface area (Å²) >= 11 is 0. The normalized spacial score (nSPS) is 15.3. The van der Waals surface area contributed by atoms with Gasteiger partial charge in [0.1, 0.15) is 5.04 Å². The molecule has 1 aromatic carbocycles. The number of benzene rings is 1. The molecule has 1 unspecified atom stereocenters. The van der Waals surface area contributed by atoms with E-state index in [1.54, 1.807) is 0 Å². The minimum atomic E-state index is -1.04. The average Bonchev–Trinajstić information content (AvgIpc) is 3.31. The molecule has 0 aliphatic carbocycles. The second kappa shape index (κ2) is 18.3. The van der Waals surface area contributed by atoms with Crippen molar-refractivity contribution in [3.63, 3.8) is 0 Å². The van der Waals surface area contributed by atoms with E-state index in [0.29, 0.717) is 71.3 Å². The van der Waals surface area contributed by atoms with E-state index in [0.717, 1.165) is 10.6 Å². The maximum Gasteiger partial charge on any atom is 0.404 e. The lowest BCUT2D eigenvalue weighted by atomic mass is 10.2.